The number of halogens is 2. The maximum absolute atomic E-state index is 12.4. The van der Waals surface area contributed by atoms with Gasteiger partial charge in [0.25, 0.3) is 0 Å². The van der Waals surface area contributed by atoms with E-state index in [4.69, 9.17) is 0 Å². The molecule has 0 atom stereocenters. The van der Waals surface area contributed by atoms with Crippen LogP contribution in [0.2, 0.25) is 0 Å². The van der Waals surface area contributed by atoms with Crippen LogP contribution in [0.15, 0.2) is 42.5 Å². The minimum absolute atomic E-state index is 0.298. The largest absolute Gasteiger partial charge is 0.427 e. The van der Waals surface area contributed by atoms with E-state index < -0.39 is 23.0 Å². The quantitative estimate of drug-likeness (QED) is 0.536. The maximum atomic E-state index is 12.4. The Morgan fingerprint density at radius 3 is 2.56 bits per heavy atom. The van der Waals surface area contributed by atoms with Crippen LogP contribution < -0.4 is 15.4 Å². The Balaban J connectivity index is 2.11. The summed E-state index contributed by atoms with van der Waals surface area (Å²) < 4.78 is 29.1. The lowest BCUT2D eigenvalue weighted by Crippen LogP contribution is -2.10. The van der Waals surface area contributed by atoms with Gasteiger partial charge in [0.2, 0.25) is 5.75 Å². The summed E-state index contributed by atoms with van der Waals surface area (Å²) in [6, 6.07) is 11.8. The number of ether oxygens (including phenoxy) is 1. The molecule has 0 aliphatic carbocycles. The van der Waals surface area contributed by atoms with Crippen molar-refractivity contribution in [1.82, 2.24) is 0 Å². The predicted molar refractivity (Wildman–Crippen MR) is 92.3 cm³/mol. The Hall–Kier alpha value is -2.90. The van der Waals surface area contributed by atoms with Crippen LogP contribution in [-0.2, 0) is 6.54 Å². The number of hydrogen-bond donors (Lipinski definition) is 2. The zero-order chi connectivity index (χ0) is 18.4. The van der Waals surface area contributed by atoms with Crippen molar-refractivity contribution in [3.63, 3.8) is 0 Å². The first kappa shape index (κ1) is 18.4. The number of rotatable bonds is 8. The van der Waals surface area contributed by atoms with Crippen molar-refractivity contribution in [2.45, 2.75) is 33.0 Å². The molecule has 2 rings (SSSR count). The van der Waals surface area contributed by atoms with Crippen LogP contribution in [0.25, 0.3) is 0 Å². The molecule has 2 aromatic carbocycles. The Morgan fingerprint density at radius 1 is 1.16 bits per heavy atom. The fourth-order valence-electron chi connectivity index (χ4n) is 2.27. The molecule has 0 saturated heterocycles. The fourth-order valence-corrected chi connectivity index (χ4v) is 2.27. The Morgan fingerprint density at radius 2 is 1.92 bits per heavy atom. The van der Waals surface area contributed by atoms with Gasteiger partial charge in [0.15, 0.2) is 0 Å². The molecule has 0 aromatic heterocycles. The van der Waals surface area contributed by atoms with Gasteiger partial charge in [0.1, 0.15) is 0 Å². The van der Waals surface area contributed by atoms with Gasteiger partial charge in [-0.3, -0.25) is 10.1 Å². The van der Waals surface area contributed by atoms with Crippen LogP contribution in [0, 0.1) is 10.1 Å². The Labute approximate surface area is 144 Å². The lowest BCUT2D eigenvalue weighted by atomic mass is 10.2. The first-order chi connectivity index (χ1) is 11.8. The molecule has 2 N–H and O–H groups in total. The third-order valence-electron chi connectivity index (χ3n) is 3.25. The number of anilines is 2. The van der Waals surface area contributed by atoms with E-state index in [0.717, 1.165) is 17.3 Å². The lowest BCUT2D eigenvalue weighted by molar-refractivity contribution is -0.386. The second-order valence-corrected chi connectivity index (χ2v) is 5.67. The number of alkyl halides is 2. The van der Waals surface area contributed by atoms with Crippen LogP contribution in [0.5, 0.6) is 5.75 Å². The summed E-state index contributed by atoms with van der Waals surface area (Å²) in [5.41, 5.74) is 1.89. The summed E-state index contributed by atoms with van der Waals surface area (Å²) in [5, 5.41) is 17.2. The average molecular weight is 351 g/mol. The summed E-state index contributed by atoms with van der Waals surface area (Å²) in [6.45, 7) is 1.37. The highest BCUT2D eigenvalue weighted by Crippen LogP contribution is 2.31. The van der Waals surface area contributed by atoms with E-state index in [1.165, 1.54) is 12.1 Å². The van der Waals surface area contributed by atoms with E-state index in [9.17, 15) is 18.9 Å². The molecule has 2 aromatic rings. The highest BCUT2D eigenvalue weighted by Gasteiger charge is 2.19. The normalized spacial score (nSPS) is 10.8. The zero-order valence-corrected chi connectivity index (χ0v) is 13.8. The van der Waals surface area contributed by atoms with Crippen molar-refractivity contribution in [3.8, 4) is 5.75 Å². The minimum Gasteiger partial charge on any atom is -0.427 e. The van der Waals surface area contributed by atoms with Crippen molar-refractivity contribution in [1.29, 1.82) is 0 Å². The molecule has 0 unspecified atom stereocenters. The third-order valence-corrected chi connectivity index (χ3v) is 3.25. The van der Waals surface area contributed by atoms with Crippen molar-refractivity contribution >= 4 is 17.1 Å². The van der Waals surface area contributed by atoms with Gasteiger partial charge in [-0.25, -0.2) is 0 Å². The van der Waals surface area contributed by atoms with Crippen LogP contribution >= 0.6 is 0 Å². The Bertz CT molecular complexity index is 739. The molecule has 134 valence electrons. The molecule has 0 aliphatic heterocycles. The molecule has 0 saturated carbocycles. The van der Waals surface area contributed by atoms with Gasteiger partial charge in [0, 0.05) is 36.1 Å². The van der Waals surface area contributed by atoms with Crippen molar-refractivity contribution in [3.05, 3.63) is 58.1 Å². The van der Waals surface area contributed by atoms with Crippen LogP contribution in [0.3, 0.4) is 0 Å². The van der Waals surface area contributed by atoms with E-state index in [0.29, 0.717) is 18.3 Å². The van der Waals surface area contributed by atoms with Crippen molar-refractivity contribution in [2.24, 2.45) is 0 Å². The summed E-state index contributed by atoms with van der Waals surface area (Å²) in [4.78, 5) is 10.1. The lowest BCUT2D eigenvalue weighted by Gasteiger charge is -2.13. The van der Waals surface area contributed by atoms with Gasteiger partial charge in [0.05, 0.1) is 4.92 Å². The molecule has 25 heavy (non-hydrogen) atoms. The summed E-state index contributed by atoms with van der Waals surface area (Å²) >= 11 is 0. The molecule has 0 aliphatic rings. The maximum Gasteiger partial charge on any atom is 0.387 e. The fraction of sp³-hybridized carbons (Fsp3) is 0.294. The van der Waals surface area contributed by atoms with Gasteiger partial charge < -0.3 is 15.4 Å². The summed E-state index contributed by atoms with van der Waals surface area (Å²) in [7, 11) is 0. The van der Waals surface area contributed by atoms with E-state index >= 15 is 0 Å². The summed E-state index contributed by atoms with van der Waals surface area (Å²) in [5.74, 6) is -0.472. The molecule has 0 amide bonds. The number of nitro groups is 1. The molecular formula is C17H19F2N3O3. The standard InChI is InChI=1S/C17H19F2N3O3/c1-11(2)21-14-5-3-4-12(8-14)10-20-13-6-7-15(22(23)24)16(9-13)25-17(18)19/h3-9,11,17,20-21H,10H2,1-2H3. The van der Waals surface area contributed by atoms with Gasteiger partial charge in [-0.1, -0.05) is 12.1 Å². The first-order valence-electron chi connectivity index (χ1n) is 7.67. The molecule has 6 nitrogen and oxygen atoms in total. The zero-order valence-electron chi connectivity index (χ0n) is 13.8. The number of benzene rings is 2. The monoisotopic (exact) mass is 351 g/mol. The van der Waals surface area contributed by atoms with E-state index in [1.54, 1.807) is 0 Å². The second kappa shape index (κ2) is 8.27. The van der Waals surface area contributed by atoms with E-state index in [-0.39, 0.29) is 0 Å². The third kappa shape index (κ3) is 5.59. The van der Waals surface area contributed by atoms with Crippen molar-refractivity contribution < 1.29 is 18.4 Å². The smallest absolute Gasteiger partial charge is 0.387 e. The highest BCUT2D eigenvalue weighted by atomic mass is 19.3. The molecular weight excluding hydrogens is 332 g/mol. The highest BCUT2D eigenvalue weighted by molar-refractivity contribution is 5.58. The number of nitro benzene ring substituents is 1. The minimum atomic E-state index is -3.13. The SMILES string of the molecule is CC(C)Nc1cccc(CNc2ccc([N+](=O)[O-])c(OC(F)F)c2)c1. The van der Waals surface area contributed by atoms with Gasteiger partial charge in [-0.05, 0) is 37.6 Å². The van der Waals surface area contributed by atoms with Gasteiger partial charge >= 0.3 is 12.3 Å². The van der Waals surface area contributed by atoms with Gasteiger partial charge in [-0.15, -0.1) is 0 Å². The van der Waals surface area contributed by atoms with Crippen LogP contribution in [0.4, 0.5) is 25.8 Å². The first-order valence-corrected chi connectivity index (χ1v) is 7.67. The van der Waals surface area contributed by atoms with E-state index in [2.05, 4.69) is 15.4 Å². The number of nitrogens with one attached hydrogen (secondary N) is 2. The molecule has 0 radical (unpaired) electrons. The second-order valence-electron chi connectivity index (χ2n) is 5.67. The topological polar surface area (TPSA) is 76.4 Å². The van der Waals surface area contributed by atoms with Gasteiger partial charge in [-0.2, -0.15) is 8.78 Å². The molecule has 0 spiro atoms. The number of hydrogen-bond acceptors (Lipinski definition) is 5. The Kier molecular flexibility index (Phi) is 6.10. The predicted octanol–water partition coefficient (Wildman–Crippen LogP) is 4.63. The summed E-state index contributed by atoms with van der Waals surface area (Å²) in [6.07, 6.45) is 0. The molecule has 0 bridgehead atoms. The molecule has 0 heterocycles. The van der Waals surface area contributed by atoms with Crippen LogP contribution in [0.1, 0.15) is 19.4 Å². The average Bonchev–Trinajstić information content (AvgIpc) is 2.52. The van der Waals surface area contributed by atoms with Crippen molar-refractivity contribution in [2.75, 3.05) is 10.6 Å². The molecule has 8 heteroatoms. The van der Waals surface area contributed by atoms with E-state index in [1.807, 2.05) is 38.1 Å². The van der Waals surface area contributed by atoms with Crippen LogP contribution in [-0.4, -0.2) is 17.6 Å². The number of nitrogens with zero attached hydrogens (tertiary/aromatic N) is 1. The molecule has 0 fully saturated rings.